The quantitative estimate of drug-likeness (QED) is 0.854. The molecule has 0 aliphatic rings. The molecule has 0 spiro atoms. The summed E-state index contributed by atoms with van der Waals surface area (Å²) in [5, 5.41) is 9.92. The van der Waals surface area contributed by atoms with Crippen molar-refractivity contribution in [2.45, 2.75) is 0 Å². The van der Waals surface area contributed by atoms with Crippen molar-refractivity contribution in [3.05, 3.63) is 34.2 Å². The Bertz CT molecular complexity index is 674. The van der Waals surface area contributed by atoms with E-state index in [4.69, 9.17) is 14.6 Å². The Morgan fingerprint density at radius 1 is 1.17 bits per heavy atom. The third kappa shape index (κ3) is 1.88. The van der Waals surface area contributed by atoms with E-state index in [9.17, 15) is 9.59 Å². The van der Waals surface area contributed by atoms with Gasteiger partial charge in [-0.2, -0.15) is 0 Å². The van der Waals surface area contributed by atoms with Crippen molar-refractivity contribution in [2.75, 3.05) is 14.2 Å². The molecule has 1 heterocycles. The summed E-state index contributed by atoms with van der Waals surface area (Å²) < 4.78 is 10.2. The number of nitrogens with one attached hydrogen (secondary N) is 1. The molecular formula is C12H11NO5. The van der Waals surface area contributed by atoms with Gasteiger partial charge in [0, 0.05) is 11.5 Å². The first-order chi connectivity index (χ1) is 8.56. The molecule has 0 saturated carbocycles. The topological polar surface area (TPSA) is 88.6 Å². The number of aromatic amines is 1. The number of carboxylic acids is 1. The average Bonchev–Trinajstić information content (AvgIpc) is 2.35. The fraction of sp³-hybridized carbons (Fsp3) is 0.167. The predicted molar refractivity (Wildman–Crippen MR) is 64.6 cm³/mol. The molecule has 0 radical (unpaired) electrons. The lowest BCUT2D eigenvalue weighted by molar-refractivity contribution is 0.0692. The van der Waals surface area contributed by atoms with Gasteiger partial charge in [0.1, 0.15) is 5.69 Å². The molecule has 0 atom stereocenters. The van der Waals surface area contributed by atoms with Crippen LogP contribution in [0.25, 0.3) is 10.8 Å². The molecule has 2 aromatic rings. The van der Waals surface area contributed by atoms with Crippen LogP contribution in [0.3, 0.4) is 0 Å². The zero-order chi connectivity index (χ0) is 13.3. The maximum atomic E-state index is 11.4. The van der Waals surface area contributed by atoms with Crippen LogP contribution >= 0.6 is 0 Å². The molecular weight excluding hydrogens is 238 g/mol. The number of carbonyl (C=O) groups is 1. The first kappa shape index (κ1) is 12.0. The van der Waals surface area contributed by atoms with Gasteiger partial charge in [-0.05, 0) is 17.5 Å². The van der Waals surface area contributed by atoms with Gasteiger partial charge in [-0.1, -0.05) is 0 Å². The van der Waals surface area contributed by atoms with Crippen molar-refractivity contribution in [3.63, 3.8) is 0 Å². The van der Waals surface area contributed by atoms with Crippen LogP contribution < -0.4 is 15.0 Å². The van der Waals surface area contributed by atoms with Gasteiger partial charge in [0.05, 0.1) is 14.2 Å². The Hall–Kier alpha value is -2.50. The van der Waals surface area contributed by atoms with Crippen molar-refractivity contribution >= 4 is 16.7 Å². The summed E-state index contributed by atoms with van der Waals surface area (Å²) in [6, 6.07) is 4.40. The molecule has 0 bridgehead atoms. The van der Waals surface area contributed by atoms with Gasteiger partial charge in [-0.15, -0.1) is 0 Å². The number of aromatic carboxylic acids is 1. The Labute approximate surface area is 102 Å². The number of carboxylic acid groups (broad SMARTS) is 1. The summed E-state index contributed by atoms with van der Waals surface area (Å²) in [6.07, 6.45) is 0. The molecule has 6 nitrogen and oxygen atoms in total. The molecule has 0 fully saturated rings. The summed E-state index contributed by atoms with van der Waals surface area (Å²) in [5.41, 5.74) is -0.648. The highest BCUT2D eigenvalue weighted by Gasteiger charge is 2.14. The van der Waals surface area contributed by atoms with E-state index in [1.54, 1.807) is 6.07 Å². The molecule has 18 heavy (non-hydrogen) atoms. The molecule has 1 aromatic heterocycles. The van der Waals surface area contributed by atoms with Crippen LogP contribution in [-0.2, 0) is 0 Å². The summed E-state index contributed by atoms with van der Waals surface area (Å²) in [4.78, 5) is 24.7. The molecule has 0 saturated heterocycles. The summed E-state index contributed by atoms with van der Waals surface area (Å²) in [7, 11) is 2.92. The molecule has 94 valence electrons. The fourth-order valence-electron chi connectivity index (χ4n) is 1.77. The average molecular weight is 249 g/mol. The number of fused-ring (bicyclic) bond motifs is 1. The summed E-state index contributed by atoms with van der Waals surface area (Å²) in [6.45, 7) is 0. The number of methoxy groups -OCH3 is 2. The van der Waals surface area contributed by atoms with E-state index in [0.717, 1.165) is 0 Å². The molecule has 1 aromatic carbocycles. The molecule has 0 aliphatic heterocycles. The van der Waals surface area contributed by atoms with Crippen molar-refractivity contribution in [2.24, 2.45) is 0 Å². The number of hydrogen-bond acceptors (Lipinski definition) is 4. The van der Waals surface area contributed by atoms with E-state index in [2.05, 4.69) is 4.98 Å². The third-order valence-electron chi connectivity index (χ3n) is 2.57. The number of aromatic nitrogens is 1. The standard InChI is InChI=1S/C12H11NO5/c1-17-8-3-6-4-10(14)13-11(12(15)16)7(6)5-9(8)18-2/h3-5H,1-2H3,(H,13,14)(H,15,16). The lowest BCUT2D eigenvalue weighted by atomic mass is 10.1. The number of rotatable bonds is 3. The minimum Gasteiger partial charge on any atom is -0.493 e. The van der Waals surface area contributed by atoms with Crippen LogP contribution in [0.15, 0.2) is 23.0 Å². The SMILES string of the molecule is COc1cc2cc(=O)[nH]c(C(=O)O)c2cc1OC. The Morgan fingerprint density at radius 2 is 1.78 bits per heavy atom. The maximum Gasteiger partial charge on any atom is 0.353 e. The first-order valence-corrected chi connectivity index (χ1v) is 5.09. The number of pyridine rings is 1. The molecule has 0 unspecified atom stereocenters. The number of H-pyrrole nitrogens is 1. The van der Waals surface area contributed by atoms with Gasteiger partial charge in [0.15, 0.2) is 11.5 Å². The second-order valence-corrected chi connectivity index (χ2v) is 3.61. The van der Waals surface area contributed by atoms with Crippen molar-refractivity contribution in [1.29, 1.82) is 0 Å². The Kier molecular flexibility index (Phi) is 2.93. The highest BCUT2D eigenvalue weighted by molar-refractivity contribution is 6.02. The maximum absolute atomic E-state index is 11.4. The van der Waals surface area contributed by atoms with E-state index in [1.165, 1.54) is 26.4 Å². The highest BCUT2D eigenvalue weighted by atomic mass is 16.5. The molecule has 2 N–H and O–H groups in total. The Morgan fingerprint density at radius 3 is 2.33 bits per heavy atom. The number of ether oxygens (including phenoxy) is 2. The normalized spacial score (nSPS) is 10.3. The molecule has 0 amide bonds. The van der Waals surface area contributed by atoms with Gasteiger partial charge in [-0.3, -0.25) is 4.79 Å². The fourth-order valence-corrected chi connectivity index (χ4v) is 1.77. The van der Waals surface area contributed by atoms with Crippen LogP contribution in [0.5, 0.6) is 11.5 Å². The van der Waals surface area contributed by atoms with Gasteiger partial charge >= 0.3 is 5.97 Å². The van der Waals surface area contributed by atoms with Gasteiger partial charge < -0.3 is 19.6 Å². The van der Waals surface area contributed by atoms with Crippen molar-refractivity contribution in [3.8, 4) is 11.5 Å². The van der Waals surface area contributed by atoms with E-state index in [-0.39, 0.29) is 5.69 Å². The van der Waals surface area contributed by atoms with E-state index < -0.39 is 11.5 Å². The zero-order valence-corrected chi connectivity index (χ0v) is 9.81. The smallest absolute Gasteiger partial charge is 0.353 e. The first-order valence-electron chi connectivity index (χ1n) is 5.09. The van der Waals surface area contributed by atoms with Gasteiger partial charge in [-0.25, -0.2) is 4.79 Å². The van der Waals surface area contributed by atoms with Crippen LogP contribution in [0.2, 0.25) is 0 Å². The minimum absolute atomic E-state index is 0.168. The van der Waals surface area contributed by atoms with Crippen molar-refractivity contribution in [1.82, 2.24) is 4.98 Å². The third-order valence-corrected chi connectivity index (χ3v) is 2.57. The Balaban J connectivity index is 2.88. The van der Waals surface area contributed by atoms with Gasteiger partial charge in [0.25, 0.3) is 0 Å². The lowest BCUT2D eigenvalue weighted by Gasteiger charge is -2.10. The van der Waals surface area contributed by atoms with E-state index in [0.29, 0.717) is 22.3 Å². The van der Waals surface area contributed by atoms with Crippen LogP contribution in [-0.4, -0.2) is 30.3 Å². The number of benzene rings is 1. The van der Waals surface area contributed by atoms with Crippen LogP contribution in [0, 0.1) is 0 Å². The highest BCUT2D eigenvalue weighted by Crippen LogP contribution is 2.32. The second kappa shape index (κ2) is 4.40. The van der Waals surface area contributed by atoms with Gasteiger partial charge in [0.2, 0.25) is 5.56 Å². The number of hydrogen-bond donors (Lipinski definition) is 2. The lowest BCUT2D eigenvalue weighted by Crippen LogP contribution is -2.12. The monoisotopic (exact) mass is 249 g/mol. The molecule has 2 rings (SSSR count). The van der Waals surface area contributed by atoms with Crippen LogP contribution in [0.1, 0.15) is 10.5 Å². The minimum atomic E-state index is -1.20. The van der Waals surface area contributed by atoms with Crippen molar-refractivity contribution < 1.29 is 19.4 Å². The summed E-state index contributed by atoms with van der Waals surface area (Å²) >= 11 is 0. The predicted octanol–water partition coefficient (Wildman–Crippen LogP) is 1.24. The largest absolute Gasteiger partial charge is 0.493 e. The van der Waals surface area contributed by atoms with Crippen LogP contribution in [0.4, 0.5) is 0 Å². The zero-order valence-electron chi connectivity index (χ0n) is 9.81. The molecule has 6 heteroatoms. The molecule has 0 aliphatic carbocycles. The second-order valence-electron chi connectivity index (χ2n) is 3.61. The van der Waals surface area contributed by atoms with E-state index >= 15 is 0 Å². The summed E-state index contributed by atoms with van der Waals surface area (Å²) in [5.74, 6) is -0.364. The van der Waals surface area contributed by atoms with E-state index in [1.807, 2.05) is 0 Å².